The molecule has 0 rings (SSSR count). The first kappa shape index (κ1) is 13.5. The van der Waals surface area contributed by atoms with Gasteiger partial charge in [-0.2, -0.15) is 0 Å². The third kappa shape index (κ3) is 5.05. The van der Waals surface area contributed by atoms with E-state index in [0.29, 0.717) is 18.9 Å². The molecule has 0 saturated heterocycles. The van der Waals surface area contributed by atoms with Crippen molar-refractivity contribution in [2.45, 2.75) is 20.8 Å². The van der Waals surface area contributed by atoms with Crippen molar-refractivity contribution in [2.75, 3.05) is 20.3 Å². The highest BCUT2D eigenvalue weighted by molar-refractivity contribution is 5.83. The van der Waals surface area contributed by atoms with E-state index in [1.54, 1.807) is 20.8 Å². The first-order valence-corrected chi connectivity index (χ1v) is 4.78. The largest absolute Gasteiger partial charge is 0.463 e. The van der Waals surface area contributed by atoms with Crippen LogP contribution in [0, 0.1) is 0 Å². The minimum atomic E-state index is -0.490. The normalized spacial score (nSPS) is 10.8. The predicted molar refractivity (Wildman–Crippen MR) is 55.2 cm³/mol. The molecule has 0 fully saturated rings. The smallest absolute Gasteiger partial charge is 0.413 e. The molecule has 0 aromatic carbocycles. The Labute approximate surface area is 89.6 Å². The van der Waals surface area contributed by atoms with E-state index in [0.717, 1.165) is 0 Å². The van der Waals surface area contributed by atoms with Gasteiger partial charge in [-0.25, -0.2) is 9.59 Å². The molecule has 0 spiro atoms. The number of ether oxygens (including phenoxy) is 2. The van der Waals surface area contributed by atoms with Gasteiger partial charge in [-0.1, -0.05) is 0 Å². The number of hydrogen-bond donors (Lipinski definition) is 0. The van der Waals surface area contributed by atoms with E-state index in [-0.39, 0.29) is 0 Å². The summed E-state index contributed by atoms with van der Waals surface area (Å²) >= 11 is 0. The molecule has 0 aliphatic rings. The van der Waals surface area contributed by atoms with Gasteiger partial charge in [-0.3, -0.25) is 4.90 Å². The Morgan fingerprint density at radius 3 is 2.20 bits per heavy atom. The second-order valence-electron chi connectivity index (χ2n) is 2.80. The zero-order chi connectivity index (χ0) is 11.8. The maximum absolute atomic E-state index is 11.2. The van der Waals surface area contributed by atoms with Gasteiger partial charge in [-0.15, -0.1) is 0 Å². The van der Waals surface area contributed by atoms with Crippen LogP contribution in [0.2, 0.25) is 0 Å². The Morgan fingerprint density at radius 1 is 1.20 bits per heavy atom. The number of amides is 1. The Bertz CT molecular complexity index is 260. The number of carbonyl (C=O) groups excluding carboxylic acids is 2. The Kier molecular flexibility index (Phi) is 6.17. The molecule has 0 N–H and O–H groups in total. The number of hydrogen-bond acceptors (Lipinski definition) is 4. The molecule has 5 nitrogen and oxygen atoms in total. The minimum Gasteiger partial charge on any atom is -0.463 e. The van der Waals surface area contributed by atoms with Crippen molar-refractivity contribution in [3.63, 3.8) is 0 Å². The molecular formula is C10H17NO4. The van der Waals surface area contributed by atoms with Crippen molar-refractivity contribution in [3.05, 3.63) is 11.8 Å². The lowest BCUT2D eigenvalue weighted by Gasteiger charge is -2.16. The molecule has 0 aromatic rings. The van der Waals surface area contributed by atoms with E-state index in [9.17, 15) is 9.59 Å². The van der Waals surface area contributed by atoms with Crippen LogP contribution in [0.1, 0.15) is 20.8 Å². The van der Waals surface area contributed by atoms with Gasteiger partial charge in [0.1, 0.15) is 0 Å². The van der Waals surface area contributed by atoms with E-state index in [1.165, 1.54) is 18.0 Å². The SMILES string of the molecule is CCOC(=O)/C=C(/C)N(C)C(=O)OCC. The summed E-state index contributed by atoms with van der Waals surface area (Å²) in [6.07, 6.45) is 0.760. The fourth-order valence-corrected chi connectivity index (χ4v) is 0.816. The van der Waals surface area contributed by atoms with Crippen molar-refractivity contribution >= 4 is 12.1 Å². The van der Waals surface area contributed by atoms with Gasteiger partial charge in [0.2, 0.25) is 0 Å². The highest BCUT2D eigenvalue weighted by Crippen LogP contribution is 2.03. The molecule has 86 valence electrons. The third-order valence-electron chi connectivity index (χ3n) is 1.68. The van der Waals surface area contributed by atoms with E-state index >= 15 is 0 Å². The summed E-state index contributed by atoms with van der Waals surface area (Å²) < 4.78 is 9.47. The summed E-state index contributed by atoms with van der Waals surface area (Å²) in [4.78, 5) is 23.5. The molecular weight excluding hydrogens is 198 g/mol. The quantitative estimate of drug-likeness (QED) is 0.527. The van der Waals surface area contributed by atoms with Crippen LogP contribution in [-0.4, -0.2) is 37.2 Å². The van der Waals surface area contributed by atoms with Gasteiger partial charge in [-0.05, 0) is 20.8 Å². The summed E-state index contributed by atoms with van der Waals surface area (Å²) in [5.74, 6) is -0.467. The second-order valence-corrected chi connectivity index (χ2v) is 2.80. The van der Waals surface area contributed by atoms with E-state index in [2.05, 4.69) is 0 Å². The maximum Gasteiger partial charge on any atom is 0.413 e. The van der Waals surface area contributed by atoms with E-state index in [4.69, 9.17) is 9.47 Å². The molecule has 1 amide bonds. The van der Waals surface area contributed by atoms with Crippen LogP contribution < -0.4 is 0 Å². The lowest BCUT2D eigenvalue weighted by atomic mass is 10.4. The summed E-state index contributed by atoms with van der Waals surface area (Å²) in [7, 11) is 1.53. The molecule has 0 radical (unpaired) electrons. The number of nitrogens with zero attached hydrogens (tertiary/aromatic N) is 1. The molecule has 0 bridgehead atoms. The van der Waals surface area contributed by atoms with Crippen LogP contribution in [0.15, 0.2) is 11.8 Å². The monoisotopic (exact) mass is 215 g/mol. The number of allylic oxidation sites excluding steroid dienone is 1. The van der Waals surface area contributed by atoms with Crippen molar-refractivity contribution in [1.29, 1.82) is 0 Å². The van der Waals surface area contributed by atoms with Crippen LogP contribution >= 0.6 is 0 Å². The van der Waals surface area contributed by atoms with Gasteiger partial charge in [0.05, 0.1) is 13.2 Å². The number of esters is 1. The van der Waals surface area contributed by atoms with Crippen LogP contribution in [0.3, 0.4) is 0 Å². The lowest BCUT2D eigenvalue weighted by Crippen LogP contribution is -2.26. The van der Waals surface area contributed by atoms with E-state index in [1.807, 2.05) is 0 Å². The van der Waals surface area contributed by atoms with Crippen LogP contribution in [0.5, 0.6) is 0 Å². The molecule has 0 aliphatic carbocycles. The lowest BCUT2D eigenvalue weighted by molar-refractivity contribution is -0.137. The van der Waals surface area contributed by atoms with E-state index < -0.39 is 12.1 Å². The standard InChI is InChI=1S/C10H17NO4/c1-5-14-9(12)7-8(3)11(4)10(13)15-6-2/h7H,5-6H2,1-4H3/b8-7-. The predicted octanol–water partition coefficient (Wildman–Crippen LogP) is 1.54. The Hall–Kier alpha value is -1.52. The minimum absolute atomic E-state index is 0.301. The number of rotatable bonds is 4. The summed E-state index contributed by atoms with van der Waals surface area (Å²) in [5, 5.41) is 0. The number of carbonyl (C=O) groups is 2. The Morgan fingerprint density at radius 2 is 1.73 bits per heavy atom. The molecule has 0 unspecified atom stereocenters. The molecule has 0 aromatic heterocycles. The fraction of sp³-hybridized carbons (Fsp3) is 0.600. The van der Waals surface area contributed by atoms with Crippen LogP contribution in [-0.2, 0) is 14.3 Å². The molecule has 0 aliphatic heterocycles. The Balaban J connectivity index is 4.35. The molecule has 0 saturated carbocycles. The van der Waals surface area contributed by atoms with Crippen molar-refractivity contribution < 1.29 is 19.1 Å². The summed E-state index contributed by atoms with van der Waals surface area (Å²) in [5.41, 5.74) is 0.479. The maximum atomic E-state index is 11.2. The van der Waals surface area contributed by atoms with Crippen LogP contribution in [0.25, 0.3) is 0 Å². The van der Waals surface area contributed by atoms with Crippen molar-refractivity contribution in [2.24, 2.45) is 0 Å². The second kappa shape index (κ2) is 6.86. The molecule has 0 atom stereocenters. The highest BCUT2D eigenvalue weighted by Gasteiger charge is 2.11. The van der Waals surface area contributed by atoms with Crippen LogP contribution in [0.4, 0.5) is 4.79 Å². The van der Waals surface area contributed by atoms with Crippen molar-refractivity contribution in [3.8, 4) is 0 Å². The fourth-order valence-electron chi connectivity index (χ4n) is 0.816. The molecule has 5 heteroatoms. The summed E-state index contributed by atoms with van der Waals surface area (Å²) in [6, 6.07) is 0. The highest BCUT2D eigenvalue weighted by atomic mass is 16.6. The third-order valence-corrected chi connectivity index (χ3v) is 1.68. The molecule has 15 heavy (non-hydrogen) atoms. The van der Waals surface area contributed by atoms with Gasteiger partial charge in [0.25, 0.3) is 0 Å². The first-order chi connectivity index (χ1) is 7.02. The topological polar surface area (TPSA) is 55.8 Å². The van der Waals surface area contributed by atoms with Gasteiger partial charge in [0.15, 0.2) is 0 Å². The zero-order valence-corrected chi connectivity index (χ0v) is 9.57. The average molecular weight is 215 g/mol. The average Bonchev–Trinajstić information content (AvgIpc) is 2.17. The van der Waals surface area contributed by atoms with Gasteiger partial charge >= 0.3 is 12.1 Å². The van der Waals surface area contributed by atoms with Crippen molar-refractivity contribution in [1.82, 2.24) is 4.90 Å². The van der Waals surface area contributed by atoms with Gasteiger partial charge in [0, 0.05) is 18.8 Å². The summed E-state index contributed by atoms with van der Waals surface area (Å²) in [6.45, 7) is 5.68. The van der Waals surface area contributed by atoms with Gasteiger partial charge < -0.3 is 9.47 Å². The first-order valence-electron chi connectivity index (χ1n) is 4.78. The molecule has 0 heterocycles. The zero-order valence-electron chi connectivity index (χ0n) is 9.57.